The minimum Gasteiger partial charge on any atom is -0.381 e. The number of anilines is 1. The molecule has 0 fully saturated rings. The van der Waals surface area contributed by atoms with Gasteiger partial charge in [0, 0.05) is 41.6 Å². The number of aromatic nitrogens is 3. The Morgan fingerprint density at radius 3 is 2.45 bits per heavy atom. The summed E-state index contributed by atoms with van der Waals surface area (Å²) in [6, 6.07) is 19.9. The molecule has 0 spiro atoms. The number of hydrogen-bond acceptors (Lipinski definition) is 6. The molecular weight excluding hydrogens is 508 g/mol. The molecule has 3 aromatic heterocycles. The van der Waals surface area contributed by atoms with Gasteiger partial charge in [0.25, 0.3) is 11.5 Å². The number of nitrogens with zero attached hydrogens (tertiary/aromatic N) is 4. The van der Waals surface area contributed by atoms with Gasteiger partial charge in [0.15, 0.2) is 5.69 Å². The van der Waals surface area contributed by atoms with Gasteiger partial charge in [-0.3, -0.25) is 14.4 Å². The number of pyridine rings is 1. The average Bonchev–Trinajstić information content (AvgIpc) is 3.42. The van der Waals surface area contributed by atoms with Crippen LogP contribution < -0.4 is 16.6 Å². The Hall–Kier alpha value is -5.43. The molecule has 3 N–H and O–H groups in total. The third kappa shape index (κ3) is 4.76. The third-order valence-corrected chi connectivity index (χ3v) is 6.67. The number of fused-ring (bicyclic) bond motifs is 1. The highest BCUT2D eigenvalue weighted by atomic mass is 16.5. The molecule has 0 saturated heterocycles. The summed E-state index contributed by atoms with van der Waals surface area (Å²) in [5, 5.41) is 13.0. The van der Waals surface area contributed by atoms with Crippen LogP contribution in [-0.4, -0.2) is 26.1 Å². The van der Waals surface area contributed by atoms with Gasteiger partial charge in [-0.05, 0) is 55.3 Å². The lowest BCUT2D eigenvalue weighted by atomic mass is 10.0. The maximum atomic E-state index is 13.5. The van der Waals surface area contributed by atoms with Crippen LogP contribution in [0.3, 0.4) is 0 Å². The fraction of sp³-hybridized carbons (Fsp3) is 0.167. The van der Waals surface area contributed by atoms with Crippen molar-refractivity contribution in [3.8, 4) is 28.5 Å². The van der Waals surface area contributed by atoms with E-state index in [9.17, 15) is 19.6 Å². The van der Waals surface area contributed by atoms with Crippen LogP contribution in [0.25, 0.3) is 33.3 Å². The first kappa shape index (κ1) is 26.2. The number of primary amides is 1. The summed E-state index contributed by atoms with van der Waals surface area (Å²) in [4.78, 5) is 42.2. The zero-order chi connectivity index (χ0) is 28.6. The van der Waals surface area contributed by atoms with Crippen molar-refractivity contribution in [2.45, 2.75) is 26.8 Å². The number of amides is 2. The lowest BCUT2D eigenvalue weighted by molar-refractivity contribution is 0.0995. The van der Waals surface area contributed by atoms with E-state index in [-0.39, 0.29) is 23.2 Å². The van der Waals surface area contributed by atoms with Gasteiger partial charge >= 0.3 is 0 Å². The molecule has 0 aliphatic rings. The average molecular weight is 535 g/mol. The minimum absolute atomic E-state index is 0.192. The Morgan fingerprint density at radius 1 is 1.07 bits per heavy atom. The lowest BCUT2D eigenvalue weighted by Gasteiger charge is -2.13. The van der Waals surface area contributed by atoms with E-state index in [4.69, 9.17) is 10.3 Å². The molecule has 40 heavy (non-hydrogen) atoms. The van der Waals surface area contributed by atoms with Gasteiger partial charge in [0.2, 0.25) is 5.91 Å². The van der Waals surface area contributed by atoms with Crippen LogP contribution in [0.15, 0.2) is 70.0 Å². The summed E-state index contributed by atoms with van der Waals surface area (Å²) in [5.41, 5.74) is 10.1. The number of carbonyl (C=O) groups is 2. The first-order chi connectivity index (χ1) is 19.2. The summed E-state index contributed by atoms with van der Waals surface area (Å²) in [5.74, 6) is -0.529. The zero-order valence-corrected chi connectivity index (χ0v) is 22.2. The SMILES string of the molecule is Cc1cc2cc(-c3ccc(-c4c(C)on(C)c4=O)cc3)n(CCC#N)c2c(C(=O)Nc2cccc(C(N)=O)c2)n1. The smallest absolute Gasteiger partial charge is 0.290 e. The van der Waals surface area contributed by atoms with Crippen molar-refractivity contribution in [1.29, 1.82) is 5.26 Å². The molecule has 5 rings (SSSR count). The normalized spacial score (nSPS) is 10.9. The van der Waals surface area contributed by atoms with Gasteiger partial charge in [0.1, 0.15) is 5.76 Å². The topological polar surface area (TPSA) is 149 Å². The van der Waals surface area contributed by atoms with Crippen molar-refractivity contribution in [2.24, 2.45) is 12.8 Å². The molecule has 10 heteroatoms. The van der Waals surface area contributed by atoms with Gasteiger partial charge in [-0.2, -0.15) is 10.0 Å². The lowest BCUT2D eigenvalue weighted by Crippen LogP contribution is -2.17. The summed E-state index contributed by atoms with van der Waals surface area (Å²) in [6.07, 6.45) is 0.217. The van der Waals surface area contributed by atoms with Gasteiger partial charge in [0.05, 0.1) is 23.6 Å². The van der Waals surface area contributed by atoms with Crippen LogP contribution in [0.5, 0.6) is 0 Å². The Kier molecular flexibility index (Phi) is 6.80. The third-order valence-electron chi connectivity index (χ3n) is 6.67. The highest BCUT2D eigenvalue weighted by Gasteiger charge is 2.21. The van der Waals surface area contributed by atoms with Crippen molar-refractivity contribution in [2.75, 3.05) is 5.32 Å². The van der Waals surface area contributed by atoms with E-state index < -0.39 is 11.8 Å². The maximum absolute atomic E-state index is 13.5. The number of nitriles is 1. The molecule has 10 nitrogen and oxygen atoms in total. The van der Waals surface area contributed by atoms with Crippen LogP contribution in [0.1, 0.15) is 38.7 Å². The van der Waals surface area contributed by atoms with Crippen LogP contribution in [0, 0.1) is 25.2 Å². The van der Waals surface area contributed by atoms with Gasteiger partial charge in [-0.1, -0.05) is 30.3 Å². The van der Waals surface area contributed by atoms with E-state index >= 15 is 0 Å². The summed E-state index contributed by atoms with van der Waals surface area (Å²) < 4.78 is 8.54. The Morgan fingerprint density at radius 2 is 1.80 bits per heavy atom. The number of hydrogen-bond donors (Lipinski definition) is 2. The molecule has 5 aromatic rings. The molecule has 200 valence electrons. The van der Waals surface area contributed by atoms with Crippen molar-refractivity contribution >= 4 is 28.4 Å². The molecular formula is C30H26N6O4. The van der Waals surface area contributed by atoms with Crippen LogP contribution in [0.2, 0.25) is 0 Å². The zero-order valence-electron chi connectivity index (χ0n) is 22.2. The highest BCUT2D eigenvalue weighted by Crippen LogP contribution is 2.32. The largest absolute Gasteiger partial charge is 0.381 e. The van der Waals surface area contributed by atoms with E-state index in [1.54, 1.807) is 39.1 Å². The van der Waals surface area contributed by atoms with Crippen molar-refractivity contribution in [3.63, 3.8) is 0 Å². The van der Waals surface area contributed by atoms with E-state index in [1.807, 2.05) is 41.0 Å². The van der Waals surface area contributed by atoms with E-state index in [2.05, 4.69) is 16.4 Å². The summed E-state index contributed by atoms with van der Waals surface area (Å²) >= 11 is 0. The standard InChI is InChI=1S/C30H26N6O4/c1-17-14-22-16-24(19-8-10-20(11-9-19)25-18(2)40-35(3)30(25)39)36(13-5-12-31)27(22)26(33-17)29(38)34-23-7-4-6-21(15-23)28(32)37/h4,6-11,14-16H,5,13H2,1-3H3,(H2,32,37)(H,34,38). The molecule has 0 aliphatic carbocycles. The molecule has 0 bridgehead atoms. The highest BCUT2D eigenvalue weighted by molar-refractivity contribution is 6.12. The number of aryl methyl sites for hydroxylation is 4. The minimum atomic E-state index is -0.600. The first-order valence-electron chi connectivity index (χ1n) is 12.5. The van der Waals surface area contributed by atoms with Gasteiger partial charge < -0.3 is 20.1 Å². The predicted molar refractivity (Wildman–Crippen MR) is 151 cm³/mol. The monoisotopic (exact) mass is 534 g/mol. The summed E-state index contributed by atoms with van der Waals surface area (Å²) in [7, 11) is 1.57. The quantitative estimate of drug-likeness (QED) is 0.313. The number of rotatable bonds is 7. The molecule has 0 aliphatic heterocycles. The van der Waals surface area contributed by atoms with Crippen molar-refractivity contribution in [1.82, 2.24) is 14.3 Å². The first-order valence-corrected chi connectivity index (χ1v) is 12.5. The van der Waals surface area contributed by atoms with Gasteiger partial charge in [-0.15, -0.1) is 0 Å². The predicted octanol–water partition coefficient (Wildman–Crippen LogP) is 4.54. The second-order valence-electron chi connectivity index (χ2n) is 9.44. The molecule has 0 atom stereocenters. The van der Waals surface area contributed by atoms with Crippen LogP contribution in [-0.2, 0) is 13.6 Å². The maximum Gasteiger partial charge on any atom is 0.290 e. The number of benzene rings is 2. The fourth-order valence-corrected chi connectivity index (χ4v) is 4.90. The molecule has 0 saturated carbocycles. The number of carbonyl (C=O) groups excluding carboxylic acids is 2. The number of nitrogens with two attached hydrogens (primary N) is 1. The van der Waals surface area contributed by atoms with Crippen LogP contribution in [0.4, 0.5) is 5.69 Å². The second kappa shape index (κ2) is 10.4. The Labute approximate surface area is 229 Å². The van der Waals surface area contributed by atoms with E-state index in [0.29, 0.717) is 34.8 Å². The Bertz CT molecular complexity index is 1890. The number of nitrogens with one attached hydrogen (secondary N) is 1. The second-order valence-corrected chi connectivity index (χ2v) is 9.44. The molecule has 2 amide bonds. The summed E-state index contributed by atoms with van der Waals surface area (Å²) in [6.45, 7) is 3.88. The molecule has 2 aromatic carbocycles. The van der Waals surface area contributed by atoms with Crippen molar-refractivity contribution in [3.05, 3.63) is 93.7 Å². The van der Waals surface area contributed by atoms with Crippen molar-refractivity contribution < 1.29 is 14.1 Å². The van der Waals surface area contributed by atoms with Crippen LogP contribution >= 0.6 is 0 Å². The van der Waals surface area contributed by atoms with E-state index in [1.165, 1.54) is 10.8 Å². The van der Waals surface area contributed by atoms with E-state index in [0.717, 1.165) is 22.2 Å². The Balaban J connectivity index is 1.60. The fourth-order valence-electron chi connectivity index (χ4n) is 4.90. The van der Waals surface area contributed by atoms with Gasteiger partial charge in [-0.25, -0.2) is 4.98 Å². The molecule has 3 heterocycles. The molecule has 0 radical (unpaired) electrons. The molecule has 0 unspecified atom stereocenters.